The molecule has 25 heavy (non-hydrogen) atoms. The van der Waals surface area contributed by atoms with Crippen LogP contribution in [-0.2, 0) is 4.74 Å². The minimum atomic E-state index is 0.0996. The van der Waals surface area contributed by atoms with Crippen LogP contribution in [-0.4, -0.2) is 33.2 Å². The Labute approximate surface area is 149 Å². The van der Waals surface area contributed by atoms with E-state index in [9.17, 15) is 0 Å². The van der Waals surface area contributed by atoms with Crippen LogP contribution in [0.4, 0.5) is 5.82 Å². The van der Waals surface area contributed by atoms with E-state index in [1.807, 2.05) is 31.3 Å². The fourth-order valence-corrected chi connectivity index (χ4v) is 4.17. The van der Waals surface area contributed by atoms with E-state index in [0.29, 0.717) is 6.04 Å². The van der Waals surface area contributed by atoms with Crippen molar-refractivity contribution in [3.63, 3.8) is 0 Å². The summed E-state index contributed by atoms with van der Waals surface area (Å²) in [5.41, 5.74) is 2.02. The van der Waals surface area contributed by atoms with E-state index < -0.39 is 0 Å². The van der Waals surface area contributed by atoms with Crippen molar-refractivity contribution in [2.45, 2.75) is 63.5 Å². The van der Waals surface area contributed by atoms with Crippen molar-refractivity contribution in [2.24, 2.45) is 0 Å². The highest BCUT2D eigenvalue weighted by atomic mass is 16.5. The summed E-state index contributed by atoms with van der Waals surface area (Å²) in [4.78, 5) is 13.5. The topological polar surface area (TPSA) is 59.9 Å². The molecule has 2 aliphatic rings. The number of nitrogens with zero attached hydrogens (tertiary/aromatic N) is 3. The first-order valence-corrected chi connectivity index (χ1v) is 9.39. The SMILES string of the molecule is Cc1cc(NC2CCOC3(CCCCC3)C2)nc(-c2cccnc2)n1. The molecule has 1 saturated carbocycles. The summed E-state index contributed by atoms with van der Waals surface area (Å²) in [5, 5.41) is 3.65. The number of anilines is 1. The van der Waals surface area contributed by atoms with Gasteiger partial charge in [0.15, 0.2) is 5.82 Å². The average molecular weight is 338 g/mol. The Morgan fingerprint density at radius 3 is 2.88 bits per heavy atom. The molecule has 4 rings (SSSR count). The standard InChI is InChI=1S/C20H26N4O/c1-15-12-18(24-19(22-15)16-6-5-10-21-14-16)23-17-7-11-25-20(13-17)8-3-2-4-9-20/h5-6,10,12,14,17H,2-4,7-9,11,13H2,1H3,(H,22,23,24). The van der Waals surface area contributed by atoms with E-state index >= 15 is 0 Å². The molecule has 2 aromatic rings. The predicted molar refractivity (Wildman–Crippen MR) is 98.4 cm³/mol. The van der Waals surface area contributed by atoms with Gasteiger partial charge in [-0.3, -0.25) is 4.98 Å². The third-order valence-electron chi connectivity index (χ3n) is 5.38. The van der Waals surface area contributed by atoms with E-state index in [2.05, 4.69) is 15.3 Å². The van der Waals surface area contributed by atoms with Crippen molar-refractivity contribution >= 4 is 5.82 Å². The lowest BCUT2D eigenvalue weighted by Crippen LogP contribution is -2.45. The molecule has 1 saturated heterocycles. The minimum Gasteiger partial charge on any atom is -0.375 e. The molecule has 132 valence electrons. The van der Waals surface area contributed by atoms with E-state index in [1.54, 1.807) is 6.20 Å². The Morgan fingerprint density at radius 1 is 1.20 bits per heavy atom. The quantitative estimate of drug-likeness (QED) is 0.911. The lowest BCUT2D eigenvalue weighted by atomic mass is 9.78. The summed E-state index contributed by atoms with van der Waals surface area (Å²) < 4.78 is 6.21. The fourth-order valence-electron chi connectivity index (χ4n) is 4.17. The van der Waals surface area contributed by atoms with Gasteiger partial charge in [-0.2, -0.15) is 0 Å². The zero-order valence-corrected chi connectivity index (χ0v) is 14.9. The summed E-state index contributed by atoms with van der Waals surface area (Å²) in [7, 11) is 0. The van der Waals surface area contributed by atoms with Crippen LogP contribution in [0.3, 0.4) is 0 Å². The van der Waals surface area contributed by atoms with Crippen LogP contribution >= 0.6 is 0 Å². The average Bonchev–Trinajstić information content (AvgIpc) is 2.63. The van der Waals surface area contributed by atoms with Gasteiger partial charge < -0.3 is 10.1 Å². The predicted octanol–water partition coefficient (Wildman–Crippen LogP) is 4.14. The molecule has 0 radical (unpaired) electrons. The number of hydrogen-bond donors (Lipinski definition) is 1. The van der Waals surface area contributed by atoms with E-state index in [-0.39, 0.29) is 5.60 Å². The van der Waals surface area contributed by atoms with Crippen LogP contribution in [0.25, 0.3) is 11.4 Å². The van der Waals surface area contributed by atoms with Crippen LogP contribution in [0.2, 0.25) is 0 Å². The monoisotopic (exact) mass is 338 g/mol. The molecular formula is C20H26N4O. The molecule has 1 N–H and O–H groups in total. The minimum absolute atomic E-state index is 0.0996. The Morgan fingerprint density at radius 2 is 2.08 bits per heavy atom. The molecule has 1 aliphatic carbocycles. The van der Waals surface area contributed by atoms with E-state index in [4.69, 9.17) is 9.72 Å². The molecular weight excluding hydrogens is 312 g/mol. The van der Waals surface area contributed by atoms with Gasteiger partial charge in [-0.25, -0.2) is 9.97 Å². The lowest BCUT2D eigenvalue weighted by molar-refractivity contribution is -0.103. The van der Waals surface area contributed by atoms with Gasteiger partial charge in [0.2, 0.25) is 0 Å². The first-order valence-electron chi connectivity index (χ1n) is 9.39. The largest absolute Gasteiger partial charge is 0.375 e. The second-order valence-electron chi connectivity index (χ2n) is 7.39. The number of rotatable bonds is 3. The Kier molecular flexibility index (Phi) is 4.66. The molecule has 2 fully saturated rings. The van der Waals surface area contributed by atoms with Crippen molar-refractivity contribution in [1.29, 1.82) is 0 Å². The maximum absolute atomic E-state index is 6.21. The fraction of sp³-hybridized carbons (Fsp3) is 0.550. The molecule has 1 atom stereocenters. The highest BCUT2D eigenvalue weighted by Gasteiger charge is 2.38. The maximum Gasteiger partial charge on any atom is 0.163 e. The number of hydrogen-bond acceptors (Lipinski definition) is 5. The molecule has 1 aliphatic heterocycles. The van der Waals surface area contributed by atoms with Crippen molar-refractivity contribution in [3.05, 3.63) is 36.3 Å². The number of ether oxygens (including phenoxy) is 1. The molecule has 5 nitrogen and oxygen atoms in total. The highest BCUT2D eigenvalue weighted by molar-refractivity contribution is 5.56. The van der Waals surface area contributed by atoms with Gasteiger partial charge in [-0.15, -0.1) is 0 Å². The molecule has 3 heterocycles. The molecule has 1 unspecified atom stereocenters. The van der Waals surface area contributed by atoms with Crippen LogP contribution < -0.4 is 5.32 Å². The normalized spacial score (nSPS) is 22.7. The van der Waals surface area contributed by atoms with Gasteiger partial charge in [-0.1, -0.05) is 19.3 Å². The van der Waals surface area contributed by atoms with Gasteiger partial charge in [0.05, 0.1) is 5.60 Å². The highest BCUT2D eigenvalue weighted by Crippen LogP contribution is 2.39. The van der Waals surface area contributed by atoms with Crippen molar-refractivity contribution < 1.29 is 4.74 Å². The first-order chi connectivity index (χ1) is 12.2. The Bertz CT molecular complexity index is 707. The summed E-state index contributed by atoms with van der Waals surface area (Å²) in [6, 6.07) is 6.36. The number of nitrogens with one attached hydrogen (secondary N) is 1. The van der Waals surface area contributed by atoms with Gasteiger partial charge in [0.1, 0.15) is 5.82 Å². The Balaban J connectivity index is 1.51. The maximum atomic E-state index is 6.21. The number of aromatic nitrogens is 3. The summed E-state index contributed by atoms with van der Waals surface area (Å²) >= 11 is 0. The molecule has 0 aromatic carbocycles. The molecule has 0 amide bonds. The number of pyridine rings is 1. The van der Waals surface area contributed by atoms with E-state index in [0.717, 1.165) is 42.3 Å². The molecule has 2 aromatic heterocycles. The smallest absolute Gasteiger partial charge is 0.163 e. The van der Waals surface area contributed by atoms with Gasteiger partial charge in [0.25, 0.3) is 0 Å². The van der Waals surface area contributed by atoms with Crippen LogP contribution in [0, 0.1) is 6.92 Å². The molecule has 1 spiro atoms. The Hall–Kier alpha value is -2.01. The second kappa shape index (κ2) is 7.08. The van der Waals surface area contributed by atoms with Crippen LogP contribution in [0.5, 0.6) is 0 Å². The van der Waals surface area contributed by atoms with Crippen molar-refractivity contribution in [1.82, 2.24) is 15.0 Å². The van der Waals surface area contributed by atoms with E-state index in [1.165, 1.54) is 32.1 Å². The zero-order chi connectivity index (χ0) is 17.1. The van der Waals surface area contributed by atoms with Crippen LogP contribution in [0.1, 0.15) is 50.6 Å². The summed E-state index contributed by atoms with van der Waals surface area (Å²) in [5.74, 6) is 1.64. The first kappa shape index (κ1) is 16.5. The molecule has 0 bridgehead atoms. The summed E-state index contributed by atoms with van der Waals surface area (Å²) in [6.07, 6.45) is 12.0. The second-order valence-corrected chi connectivity index (χ2v) is 7.39. The summed E-state index contributed by atoms with van der Waals surface area (Å²) in [6.45, 7) is 2.86. The lowest BCUT2D eigenvalue weighted by Gasteiger charge is -2.43. The van der Waals surface area contributed by atoms with Crippen molar-refractivity contribution in [2.75, 3.05) is 11.9 Å². The van der Waals surface area contributed by atoms with Gasteiger partial charge in [-0.05, 0) is 44.7 Å². The number of aryl methyl sites for hydroxylation is 1. The van der Waals surface area contributed by atoms with Gasteiger partial charge in [0, 0.05) is 42.4 Å². The zero-order valence-electron chi connectivity index (χ0n) is 14.9. The third kappa shape index (κ3) is 3.82. The van der Waals surface area contributed by atoms with Crippen LogP contribution in [0.15, 0.2) is 30.6 Å². The van der Waals surface area contributed by atoms with Gasteiger partial charge >= 0.3 is 0 Å². The molecule has 5 heteroatoms. The van der Waals surface area contributed by atoms with Crippen molar-refractivity contribution in [3.8, 4) is 11.4 Å². The third-order valence-corrected chi connectivity index (χ3v) is 5.38.